The predicted molar refractivity (Wildman–Crippen MR) is 269 cm³/mol. The van der Waals surface area contributed by atoms with Gasteiger partial charge in [0.15, 0.2) is 0 Å². The molecule has 0 aromatic heterocycles. The number of hydrogen-bond donors (Lipinski definition) is 0. The molecule has 10 aromatic carbocycles. The van der Waals surface area contributed by atoms with E-state index in [-0.39, 0.29) is 0 Å². The Morgan fingerprint density at radius 3 is 1.06 bits per heavy atom. The van der Waals surface area contributed by atoms with E-state index >= 15 is 0 Å². The van der Waals surface area contributed by atoms with Crippen molar-refractivity contribution in [2.24, 2.45) is 0 Å². The van der Waals surface area contributed by atoms with Gasteiger partial charge in [-0.2, -0.15) is 0 Å². The van der Waals surface area contributed by atoms with E-state index < -0.39 is 10.8 Å². The molecule has 2 heterocycles. The summed E-state index contributed by atoms with van der Waals surface area (Å²) in [5.74, 6) is 0. The fraction of sp³-hybridized carbons (Fsp3) is 0.0323. The number of nitrogens with zero attached hydrogens (tertiary/aromatic N) is 1. The highest BCUT2D eigenvalue weighted by molar-refractivity contribution is 7.99. The zero-order valence-electron chi connectivity index (χ0n) is 35.3. The van der Waals surface area contributed by atoms with Crippen molar-refractivity contribution in [1.29, 1.82) is 0 Å². The van der Waals surface area contributed by atoms with Crippen LogP contribution in [0.25, 0.3) is 33.4 Å². The number of hydrogen-bond acceptors (Lipinski definition) is 3. The molecule has 10 aromatic rings. The van der Waals surface area contributed by atoms with Crippen LogP contribution in [-0.2, 0) is 10.8 Å². The van der Waals surface area contributed by atoms with Crippen LogP contribution in [0, 0.1) is 0 Å². The average Bonchev–Trinajstić information content (AvgIpc) is 3.82. The van der Waals surface area contributed by atoms with Crippen molar-refractivity contribution in [1.82, 2.24) is 0 Å². The van der Waals surface area contributed by atoms with E-state index in [1.165, 1.54) is 97.5 Å². The van der Waals surface area contributed by atoms with Crippen molar-refractivity contribution < 1.29 is 0 Å². The fourth-order valence-electron chi connectivity index (χ4n) is 11.9. The lowest BCUT2D eigenvalue weighted by Gasteiger charge is -2.40. The fourth-order valence-corrected chi connectivity index (χ4v) is 14.3. The van der Waals surface area contributed by atoms with Gasteiger partial charge >= 0.3 is 0 Å². The topological polar surface area (TPSA) is 3.24 Å². The standard InChI is InChI=1S/C62H39NS2/c1-2-17-40(18-3-1)41-19-16-20-42(37-41)63(43-33-35-51-47(38-43)45-21-4-6-23-49(45)61(51)53-25-8-12-29-57(53)64-58-30-13-9-26-54(58)61)44-34-36-52-48(39-44)46-22-5-7-24-50(46)62(52)55-27-10-14-31-59(55)65-60-32-15-11-28-56(60)62/h1-39H. The Kier molecular flexibility index (Phi) is 8.05. The van der Waals surface area contributed by atoms with E-state index in [0.29, 0.717) is 0 Å². The largest absolute Gasteiger partial charge is 0.310 e. The Morgan fingerprint density at radius 2 is 0.600 bits per heavy atom. The van der Waals surface area contributed by atoms with E-state index in [0.717, 1.165) is 17.1 Å². The molecule has 304 valence electrons. The van der Waals surface area contributed by atoms with Crippen LogP contribution in [0.15, 0.2) is 256 Å². The molecule has 14 rings (SSSR count). The molecule has 0 N–H and O–H groups in total. The molecular weight excluding hydrogens is 823 g/mol. The van der Waals surface area contributed by atoms with Crippen molar-refractivity contribution in [3.05, 3.63) is 281 Å². The predicted octanol–water partition coefficient (Wildman–Crippen LogP) is 16.5. The normalized spacial score (nSPS) is 14.6. The van der Waals surface area contributed by atoms with Gasteiger partial charge in [-0.25, -0.2) is 0 Å². The number of fused-ring (bicyclic) bond motifs is 18. The van der Waals surface area contributed by atoms with Crippen molar-refractivity contribution in [2.75, 3.05) is 4.90 Å². The monoisotopic (exact) mass is 861 g/mol. The smallest absolute Gasteiger partial charge is 0.0735 e. The minimum absolute atomic E-state index is 0.433. The molecule has 0 amide bonds. The van der Waals surface area contributed by atoms with E-state index in [2.05, 4.69) is 241 Å². The Labute approximate surface area is 388 Å². The second kappa shape index (κ2) is 14.1. The summed E-state index contributed by atoms with van der Waals surface area (Å²) in [5.41, 5.74) is 20.8. The summed E-state index contributed by atoms with van der Waals surface area (Å²) in [4.78, 5) is 7.75. The maximum Gasteiger partial charge on any atom is 0.0735 e. The summed E-state index contributed by atoms with van der Waals surface area (Å²) >= 11 is 3.78. The molecule has 0 fully saturated rings. The Balaban J connectivity index is 1.02. The zero-order valence-corrected chi connectivity index (χ0v) is 36.9. The van der Waals surface area contributed by atoms with Gasteiger partial charge in [-0.15, -0.1) is 0 Å². The van der Waals surface area contributed by atoms with Gasteiger partial charge in [-0.05, 0) is 139 Å². The second-order valence-corrected chi connectivity index (χ2v) is 19.7. The van der Waals surface area contributed by atoms with Crippen LogP contribution in [-0.4, -0.2) is 0 Å². The first-order valence-electron chi connectivity index (χ1n) is 22.4. The third-order valence-corrected chi connectivity index (χ3v) is 16.7. The molecule has 3 heteroatoms. The van der Waals surface area contributed by atoms with Crippen molar-refractivity contribution in [2.45, 2.75) is 30.4 Å². The molecule has 0 unspecified atom stereocenters. The third-order valence-electron chi connectivity index (χ3n) is 14.4. The minimum Gasteiger partial charge on any atom is -0.310 e. The molecule has 0 saturated carbocycles. The Bertz CT molecular complexity index is 3300. The highest BCUT2D eigenvalue weighted by atomic mass is 32.2. The van der Waals surface area contributed by atoms with Crippen LogP contribution in [0.3, 0.4) is 0 Å². The van der Waals surface area contributed by atoms with Crippen LogP contribution in [0.4, 0.5) is 17.1 Å². The Morgan fingerprint density at radius 1 is 0.246 bits per heavy atom. The Hall–Kier alpha value is -7.30. The summed E-state index contributed by atoms with van der Waals surface area (Å²) in [6.45, 7) is 0. The van der Waals surface area contributed by atoms with Crippen molar-refractivity contribution in [3.63, 3.8) is 0 Å². The first-order valence-corrected chi connectivity index (χ1v) is 24.0. The molecule has 0 saturated heterocycles. The molecule has 65 heavy (non-hydrogen) atoms. The summed E-state index contributed by atoms with van der Waals surface area (Å²) in [5, 5.41) is 0. The first kappa shape index (κ1) is 37.1. The van der Waals surface area contributed by atoms with Gasteiger partial charge < -0.3 is 4.90 Å². The molecule has 1 nitrogen and oxygen atoms in total. The minimum atomic E-state index is -0.433. The van der Waals surface area contributed by atoms with Gasteiger partial charge in [0.2, 0.25) is 0 Å². The molecule has 0 atom stereocenters. The maximum absolute atomic E-state index is 2.49. The first-order chi connectivity index (χ1) is 32.2. The van der Waals surface area contributed by atoms with Crippen LogP contribution < -0.4 is 4.90 Å². The molecule has 0 bridgehead atoms. The quantitative estimate of drug-likeness (QED) is 0.174. The summed E-state index contributed by atoms with van der Waals surface area (Å²) in [6, 6.07) is 88.9. The lowest BCUT2D eigenvalue weighted by atomic mass is 9.67. The maximum atomic E-state index is 2.49. The van der Waals surface area contributed by atoms with Crippen LogP contribution in [0.5, 0.6) is 0 Å². The lowest BCUT2D eigenvalue weighted by molar-refractivity contribution is 0.722. The van der Waals surface area contributed by atoms with E-state index in [4.69, 9.17) is 0 Å². The lowest BCUT2D eigenvalue weighted by Crippen LogP contribution is -2.32. The number of anilines is 3. The third kappa shape index (κ3) is 5.08. The highest BCUT2D eigenvalue weighted by Crippen LogP contribution is 2.64. The van der Waals surface area contributed by atoms with Gasteiger partial charge in [0.1, 0.15) is 0 Å². The summed E-state index contributed by atoms with van der Waals surface area (Å²) in [7, 11) is 0. The molecule has 2 spiro atoms. The number of benzene rings is 10. The molecular formula is C62H39NS2. The van der Waals surface area contributed by atoms with Gasteiger partial charge in [0.25, 0.3) is 0 Å². The molecule has 2 aliphatic carbocycles. The van der Waals surface area contributed by atoms with E-state index in [9.17, 15) is 0 Å². The molecule has 4 aliphatic rings. The molecule has 2 aliphatic heterocycles. The number of rotatable bonds is 4. The van der Waals surface area contributed by atoms with E-state index in [1.807, 2.05) is 23.5 Å². The van der Waals surface area contributed by atoms with E-state index in [1.54, 1.807) is 0 Å². The van der Waals surface area contributed by atoms with Gasteiger partial charge in [0.05, 0.1) is 10.8 Å². The van der Waals surface area contributed by atoms with Gasteiger partial charge in [-0.1, -0.05) is 199 Å². The van der Waals surface area contributed by atoms with Gasteiger partial charge in [-0.3, -0.25) is 0 Å². The SMILES string of the molecule is c1ccc(-c2cccc(N(c3ccc4c(c3)-c3ccccc3C43c4ccccc4Sc4ccccc43)c3ccc4c(c3)-c3ccccc3C43c4ccccc4Sc4ccccc43)c2)cc1. The van der Waals surface area contributed by atoms with Crippen molar-refractivity contribution >= 4 is 40.6 Å². The zero-order chi connectivity index (χ0) is 42.7. The average molecular weight is 862 g/mol. The summed E-state index contributed by atoms with van der Waals surface area (Å²) < 4.78 is 0. The van der Waals surface area contributed by atoms with Crippen LogP contribution >= 0.6 is 23.5 Å². The van der Waals surface area contributed by atoms with Crippen molar-refractivity contribution in [3.8, 4) is 33.4 Å². The second-order valence-electron chi connectivity index (χ2n) is 17.5. The van der Waals surface area contributed by atoms with Crippen LogP contribution in [0.2, 0.25) is 0 Å². The van der Waals surface area contributed by atoms with Gasteiger partial charge in [0, 0.05) is 36.6 Å². The molecule has 0 radical (unpaired) electrons. The summed E-state index contributed by atoms with van der Waals surface area (Å²) in [6.07, 6.45) is 0. The van der Waals surface area contributed by atoms with Crippen LogP contribution in [0.1, 0.15) is 44.5 Å². The highest BCUT2D eigenvalue weighted by Gasteiger charge is 2.52.